The van der Waals surface area contributed by atoms with Gasteiger partial charge in [0.2, 0.25) is 0 Å². The first kappa shape index (κ1) is 32.5. The van der Waals surface area contributed by atoms with E-state index in [2.05, 4.69) is 11.7 Å². The van der Waals surface area contributed by atoms with E-state index in [1.165, 1.54) is 37.8 Å². The summed E-state index contributed by atoms with van der Waals surface area (Å²) in [6.45, 7) is 2.18. The van der Waals surface area contributed by atoms with Crippen LogP contribution in [0.5, 0.6) is 5.75 Å². The number of unbranched alkanes of at least 4 members (excludes halogenated alkanes) is 2. The first-order valence-corrected chi connectivity index (χ1v) is 15.1. The third-order valence-corrected chi connectivity index (χ3v) is 8.60. The summed E-state index contributed by atoms with van der Waals surface area (Å²) < 4.78 is 120. The largest absolute Gasteiger partial charge is 0.429 e. The summed E-state index contributed by atoms with van der Waals surface area (Å²) in [6.07, 6.45) is 4.79. The summed E-state index contributed by atoms with van der Waals surface area (Å²) in [5.41, 5.74) is -0.936. The molecule has 1 aliphatic rings. The lowest BCUT2D eigenvalue weighted by atomic mass is 9.77. The van der Waals surface area contributed by atoms with Gasteiger partial charge in [-0.15, -0.1) is 0 Å². The van der Waals surface area contributed by atoms with Crippen molar-refractivity contribution in [2.45, 2.75) is 70.3 Å². The molecule has 0 heterocycles. The summed E-state index contributed by atoms with van der Waals surface area (Å²) in [6, 6.07) is 10.9. The van der Waals surface area contributed by atoms with E-state index < -0.39 is 57.9 Å². The van der Waals surface area contributed by atoms with Crippen LogP contribution in [0.25, 0.3) is 22.3 Å². The molecule has 0 unspecified atom stereocenters. The van der Waals surface area contributed by atoms with Gasteiger partial charge in [0.15, 0.2) is 17.5 Å². The second-order valence-electron chi connectivity index (χ2n) is 11.7. The highest BCUT2D eigenvalue weighted by Gasteiger charge is 2.38. The molecule has 0 amide bonds. The quantitative estimate of drug-likeness (QED) is 0.0960. The number of benzene rings is 4. The van der Waals surface area contributed by atoms with Crippen LogP contribution in [0, 0.1) is 40.8 Å². The molecule has 4 aromatic rings. The zero-order chi connectivity index (χ0) is 32.3. The molecule has 0 atom stereocenters. The van der Waals surface area contributed by atoms with Crippen molar-refractivity contribution in [2.75, 3.05) is 0 Å². The molecule has 0 N–H and O–H groups in total. The molecule has 238 valence electrons. The Morgan fingerprint density at radius 2 is 1.27 bits per heavy atom. The van der Waals surface area contributed by atoms with Crippen LogP contribution in [0.1, 0.15) is 75.3 Å². The Balaban J connectivity index is 1.28. The van der Waals surface area contributed by atoms with Gasteiger partial charge in [0.1, 0.15) is 23.2 Å². The molecule has 1 nitrogen and oxygen atoms in total. The minimum Gasteiger partial charge on any atom is -0.429 e. The summed E-state index contributed by atoms with van der Waals surface area (Å²) in [5, 5.41) is 0. The van der Waals surface area contributed by atoms with E-state index in [0.29, 0.717) is 24.1 Å². The standard InChI is InChI=1S/C36H32F8O/c1-2-3-4-5-21-6-8-22(9-7-21)23-10-13-27(30(37)16-23)24-11-15-29(32(39)17-24)36(43,44)45-26-12-14-28(31(38)20-26)25-18-33(40)35(42)34(41)19-25/h10-22H,2-9H2,1H3. The molecule has 4 aromatic carbocycles. The Kier molecular flexibility index (Phi) is 9.85. The van der Waals surface area contributed by atoms with E-state index in [1.54, 1.807) is 6.07 Å². The Bertz CT molecular complexity index is 1640. The molecule has 45 heavy (non-hydrogen) atoms. The normalized spacial score (nSPS) is 17.0. The fourth-order valence-electron chi connectivity index (χ4n) is 6.11. The van der Waals surface area contributed by atoms with Crippen molar-refractivity contribution in [3.8, 4) is 28.0 Å². The summed E-state index contributed by atoms with van der Waals surface area (Å²) in [4.78, 5) is 0. The van der Waals surface area contributed by atoms with Gasteiger partial charge in [-0.05, 0) is 96.7 Å². The predicted molar refractivity (Wildman–Crippen MR) is 157 cm³/mol. The van der Waals surface area contributed by atoms with Crippen molar-refractivity contribution in [2.24, 2.45) is 5.92 Å². The van der Waals surface area contributed by atoms with Crippen LogP contribution in [0.15, 0.2) is 66.7 Å². The molecule has 1 fully saturated rings. The Morgan fingerprint density at radius 3 is 1.89 bits per heavy atom. The van der Waals surface area contributed by atoms with Gasteiger partial charge in [0, 0.05) is 17.2 Å². The number of alkyl halides is 2. The molecule has 0 radical (unpaired) electrons. The third kappa shape index (κ3) is 7.34. The zero-order valence-electron chi connectivity index (χ0n) is 24.6. The van der Waals surface area contributed by atoms with Gasteiger partial charge >= 0.3 is 6.11 Å². The van der Waals surface area contributed by atoms with Gasteiger partial charge in [-0.1, -0.05) is 50.8 Å². The van der Waals surface area contributed by atoms with Gasteiger partial charge in [0.25, 0.3) is 0 Å². The van der Waals surface area contributed by atoms with Gasteiger partial charge in [0.05, 0.1) is 5.56 Å². The minimum atomic E-state index is -4.26. The van der Waals surface area contributed by atoms with Gasteiger partial charge < -0.3 is 4.74 Å². The second-order valence-corrected chi connectivity index (χ2v) is 11.7. The van der Waals surface area contributed by atoms with E-state index in [1.807, 2.05) is 0 Å². The number of halogens is 8. The predicted octanol–water partition coefficient (Wildman–Crippen LogP) is 11.8. The minimum absolute atomic E-state index is 0.0601. The van der Waals surface area contributed by atoms with Crippen molar-refractivity contribution in [3.05, 3.63) is 113 Å². The summed E-state index contributed by atoms with van der Waals surface area (Å²) in [7, 11) is 0. The van der Waals surface area contributed by atoms with Crippen LogP contribution in [0.2, 0.25) is 0 Å². The lowest BCUT2D eigenvalue weighted by molar-refractivity contribution is -0.187. The zero-order valence-corrected chi connectivity index (χ0v) is 24.6. The molecule has 5 rings (SSSR count). The van der Waals surface area contributed by atoms with Crippen molar-refractivity contribution in [1.82, 2.24) is 0 Å². The number of hydrogen-bond acceptors (Lipinski definition) is 1. The van der Waals surface area contributed by atoms with Crippen LogP contribution < -0.4 is 4.74 Å². The highest BCUT2D eigenvalue weighted by molar-refractivity contribution is 5.66. The molecular weight excluding hydrogens is 600 g/mol. The monoisotopic (exact) mass is 632 g/mol. The van der Waals surface area contributed by atoms with Crippen LogP contribution in [-0.2, 0) is 6.11 Å². The topological polar surface area (TPSA) is 9.23 Å². The molecule has 1 aliphatic carbocycles. The highest BCUT2D eigenvalue weighted by atomic mass is 19.3. The van der Waals surface area contributed by atoms with E-state index in [0.717, 1.165) is 61.6 Å². The average molecular weight is 633 g/mol. The molecule has 0 aliphatic heterocycles. The molecule has 9 heteroatoms. The Hall–Kier alpha value is -3.88. The molecule has 0 saturated heterocycles. The van der Waals surface area contributed by atoms with E-state index >= 15 is 4.39 Å². The van der Waals surface area contributed by atoms with Crippen LogP contribution >= 0.6 is 0 Å². The smallest absolute Gasteiger partial charge is 0.429 e. The summed E-state index contributed by atoms with van der Waals surface area (Å²) >= 11 is 0. The third-order valence-electron chi connectivity index (χ3n) is 8.60. The van der Waals surface area contributed by atoms with Crippen molar-refractivity contribution >= 4 is 0 Å². The molecule has 0 bridgehead atoms. The number of hydrogen-bond donors (Lipinski definition) is 0. The van der Waals surface area contributed by atoms with E-state index in [4.69, 9.17) is 0 Å². The molecular formula is C36H32F8O. The maximum Gasteiger partial charge on any atom is 0.429 e. The molecule has 0 aromatic heterocycles. The average Bonchev–Trinajstić information content (AvgIpc) is 3.00. The lowest BCUT2D eigenvalue weighted by Gasteiger charge is -2.29. The van der Waals surface area contributed by atoms with Crippen LogP contribution in [0.4, 0.5) is 35.1 Å². The summed E-state index contributed by atoms with van der Waals surface area (Å²) in [5.74, 6) is -7.74. The van der Waals surface area contributed by atoms with Crippen molar-refractivity contribution in [1.29, 1.82) is 0 Å². The SMILES string of the molecule is CCCCCC1CCC(c2ccc(-c3ccc(C(F)(F)Oc4ccc(-c5cc(F)c(F)c(F)c5)c(F)c4)c(F)c3)c(F)c2)CC1. The lowest BCUT2D eigenvalue weighted by Crippen LogP contribution is -2.23. The maximum absolute atomic E-state index is 15.2. The van der Waals surface area contributed by atoms with E-state index in [9.17, 15) is 30.7 Å². The molecule has 0 spiro atoms. The first-order chi connectivity index (χ1) is 21.5. The maximum atomic E-state index is 15.2. The van der Waals surface area contributed by atoms with E-state index in [-0.39, 0.29) is 22.6 Å². The van der Waals surface area contributed by atoms with Gasteiger partial charge in [-0.3, -0.25) is 0 Å². The molecule has 1 saturated carbocycles. The van der Waals surface area contributed by atoms with Crippen LogP contribution in [-0.4, -0.2) is 0 Å². The highest BCUT2D eigenvalue weighted by Crippen LogP contribution is 2.40. The van der Waals surface area contributed by atoms with Gasteiger partial charge in [-0.2, -0.15) is 8.78 Å². The van der Waals surface area contributed by atoms with Crippen molar-refractivity contribution < 1.29 is 39.9 Å². The number of ether oxygens (including phenoxy) is 1. The van der Waals surface area contributed by atoms with Crippen molar-refractivity contribution in [3.63, 3.8) is 0 Å². The van der Waals surface area contributed by atoms with Crippen LogP contribution in [0.3, 0.4) is 0 Å². The fraction of sp³-hybridized carbons (Fsp3) is 0.333. The first-order valence-electron chi connectivity index (χ1n) is 15.1. The Labute approximate surface area is 256 Å². The Morgan fingerprint density at radius 1 is 0.644 bits per heavy atom. The fourth-order valence-corrected chi connectivity index (χ4v) is 6.11. The second kappa shape index (κ2) is 13.6. The number of rotatable bonds is 10. The van der Waals surface area contributed by atoms with Gasteiger partial charge in [-0.25, -0.2) is 26.3 Å².